The maximum Gasteiger partial charge on any atom is 0.251 e. The maximum absolute atomic E-state index is 12.5. The lowest BCUT2D eigenvalue weighted by atomic mass is 9.71. The van der Waals surface area contributed by atoms with Gasteiger partial charge in [0.15, 0.2) is 5.16 Å². The summed E-state index contributed by atoms with van der Waals surface area (Å²) < 4.78 is 0. The number of thioether (sulfide) groups is 1. The quantitative estimate of drug-likeness (QED) is 0.843. The molecule has 2 saturated carbocycles. The first-order valence-electron chi connectivity index (χ1n) is 6.62. The molecule has 0 aromatic carbocycles. The van der Waals surface area contributed by atoms with Gasteiger partial charge in [-0.2, -0.15) is 0 Å². The number of carbonyl (C=O) groups is 1. The van der Waals surface area contributed by atoms with Gasteiger partial charge in [0, 0.05) is 18.2 Å². The number of aromatic nitrogens is 2. The Bertz CT molecular complexity index is 595. The highest BCUT2D eigenvalue weighted by Gasteiger charge is 2.66. The Hall–Kier alpha value is -1.10. The molecule has 2 aliphatic rings. The van der Waals surface area contributed by atoms with E-state index in [0.717, 1.165) is 12.8 Å². The summed E-state index contributed by atoms with van der Waals surface area (Å²) in [6.45, 7) is 6.60. The van der Waals surface area contributed by atoms with Crippen molar-refractivity contribution in [3.63, 3.8) is 0 Å². The molecule has 1 aromatic heterocycles. The van der Waals surface area contributed by atoms with E-state index in [1.807, 2.05) is 0 Å². The van der Waals surface area contributed by atoms with E-state index in [2.05, 4.69) is 30.7 Å². The summed E-state index contributed by atoms with van der Waals surface area (Å²) in [6.07, 6.45) is 3.57. The molecule has 2 fully saturated rings. The Balaban J connectivity index is 1.95. The average molecular weight is 278 g/mol. The van der Waals surface area contributed by atoms with Crippen molar-refractivity contribution in [2.24, 2.45) is 16.7 Å². The van der Waals surface area contributed by atoms with Gasteiger partial charge in [0.05, 0.1) is 5.25 Å². The number of aromatic amines is 1. The van der Waals surface area contributed by atoms with Crippen LogP contribution in [0.3, 0.4) is 0 Å². The van der Waals surface area contributed by atoms with Crippen LogP contribution in [0.5, 0.6) is 0 Å². The van der Waals surface area contributed by atoms with Crippen LogP contribution in [0.1, 0.15) is 33.6 Å². The van der Waals surface area contributed by atoms with Gasteiger partial charge in [-0.05, 0) is 23.7 Å². The first-order chi connectivity index (χ1) is 8.86. The number of fused-ring (bicyclic) bond motifs is 2. The van der Waals surface area contributed by atoms with Crippen LogP contribution in [0.4, 0.5) is 0 Å². The molecule has 0 spiro atoms. The molecular weight excluding hydrogens is 260 g/mol. The van der Waals surface area contributed by atoms with Gasteiger partial charge in [0.25, 0.3) is 5.56 Å². The van der Waals surface area contributed by atoms with Gasteiger partial charge in [0.2, 0.25) is 0 Å². The predicted molar refractivity (Wildman–Crippen MR) is 74.1 cm³/mol. The van der Waals surface area contributed by atoms with Gasteiger partial charge in [-0.1, -0.05) is 32.5 Å². The van der Waals surface area contributed by atoms with Crippen LogP contribution in [0.25, 0.3) is 0 Å². The monoisotopic (exact) mass is 278 g/mol. The van der Waals surface area contributed by atoms with Crippen molar-refractivity contribution in [3.05, 3.63) is 22.6 Å². The molecule has 19 heavy (non-hydrogen) atoms. The molecule has 4 nitrogen and oxygen atoms in total. The van der Waals surface area contributed by atoms with Crippen LogP contribution < -0.4 is 5.56 Å². The van der Waals surface area contributed by atoms with Crippen molar-refractivity contribution in [1.82, 2.24) is 9.97 Å². The zero-order valence-corrected chi connectivity index (χ0v) is 12.2. The third-order valence-electron chi connectivity index (χ3n) is 5.35. The van der Waals surface area contributed by atoms with Crippen molar-refractivity contribution in [2.75, 3.05) is 0 Å². The molecule has 2 bridgehead atoms. The normalized spacial score (nSPS) is 35.8. The van der Waals surface area contributed by atoms with Crippen LogP contribution in [0.15, 0.2) is 22.2 Å². The smallest absolute Gasteiger partial charge is 0.251 e. The summed E-state index contributed by atoms with van der Waals surface area (Å²) in [7, 11) is 0. The molecule has 2 aliphatic carbocycles. The molecule has 1 aromatic rings. The van der Waals surface area contributed by atoms with Crippen LogP contribution in [0.2, 0.25) is 0 Å². The van der Waals surface area contributed by atoms with Crippen LogP contribution in [0, 0.1) is 16.7 Å². The van der Waals surface area contributed by atoms with E-state index in [1.54, 1.807) is 0 Å². The van der Waals surface area contributed by atoms with E-state index in [4.69, 9.17) is 0 Å². The molecular formula is C14H18N2O2S. The Kier molecular flexibility index (Phi) is 2.68. The summed E-state index contributed by atoms with van der Waals surface area (Å²) in [5.41, 5.74) is -0.137. The number of carbonyl (C=O) groups excluding carboxylic acids is 1. The Morgan fingerprint density at radius 3 is 2.68 bits per heavy atom. The van der Waals surface area contributed by atoms with Crippen LogP contribution in [-0.2, 0) is 4.79 Å². The lowest BCUT2D eigenvalue weighted by Gasteiger charge is -2.37. The minimum absolute atomic E-state index is 0.00613. The fourth-order valence-electron chi connectivity index (χ4n) is 3.70. The van der Waals surface area contributed by atoms with E-state index in [9.17, 15) is 9.59 Å². The molecule has 0 saturated heterocycles. The fourth-order valence-corrected chi connectivity index (χ4v) is 5.17. The summed E-state index contributed by atoms with van der Waals surface area (Å²) in [6, 6.07) is 1.39. The summed E-state index contributed by atoms with van der Waals surface area (Å²) in [5.74, 6) is 0.487. The molecule has 0 unspecified atom stereocenters. The summed E-state index contributed by atoms with van der Waals surface area (Å²) in [4.78, 5) is 30.7. The SMILES string of the molecule is CC1(C)[C@H]2CC[C@]1(C)[C@H](Sc1nccc(=O)[nH]1)C2=O. The highest BCUT2D eigenvalue weighted by atomic mass is 32.2. The van der Waals surface area contributed by atoms with Crippen molar-refractivity contribution in [3.8, 4) is 0 Å². The third-order valence-corrected chi connectivity index (χ3v) is 6.77. The topological polar surface area (TPSA) is 62.8 Å². The molecule has 0 radical (unpaired) electrons. The van der Waals surface area contributed by atoms with Gasteiger partial charge in [-0.3, -0.25) is 9.59 Å². The number of nitrogens with zero attached hydrogens (tertiary/aromatic N) is 1. The number of rotatable bonds is 2. The standard InChI is InChI=1S/C14H18N2O2S/c1-13(2)8-4-6-14(13,3)11(10(8)18)19-12-15-7-5-9(17)16-12/h5,7-8,11H,4,6H2,1-3H3,(H,15,16,17)/t8-,11+,14+/m0/s1. The highest BCUT2D eigenvalue weighted by molar-refractivity contribution is 8.00. The molecule has 1 N–H and O–H groups in total. The van der Waals surface area contributed by atoms with Crippen molar-refractivity contribution in [2.45, 2.75) is 44.0 Å². The average Bonchev–Trinajstić information content (AvgIpc) is 2.63. The minimum Gasteiger partial charge on any atom is -0.301 e. The Labute approximate surface area is 116 Å². The van der Waals surface area contributed by atoms with Gasteiger partial charge in [0.1, 0.15) is 5.78 Å². The maximum atomic E-state index is 12.5. The lowest BCUT2D eigenvalue weighted by Crippen LogP contribution is -2.36. The zero-order valence-electron chi connectivity index (χ0n) is 11.4. The van der Waals surface area contributed by atoms with Crippen molar-refractivity contribution in [1.29, 1.82) is 0 Å². The predicted octanol–water partition coefficient (Wildman–Crippen LogP) is 2.26. The zero-order chi connectivity index (χ0) is 13.8. The van der Waals surface area contributed by atoms with E-state index in [1.165, 1.54) is 24.0 Å². The van der Waals surface area contributed by atoms with E-state index < -0.39 is 0 Å². The van der Waals surface area contributed by atoms with E-state index >= 15 is 0 Å². The fraction of sp³-hybridized carbons (Fsp3) is 0.643. The molecule has 0 aliphatic heterocycles. The van der Waals surface area contributed by atoms with Gasteiger partial charge in [-0.15, -0.1) is 0 Å². The largest absolute Gasteiger partial charge is 0.301 e. The highest BCUT2D eigenvalue weighted by Crippen LogP contribution is 2.66. The Morgan fingerprint density at radius 2 is 2.11 bits per heavy atom. The number of hydrogen-bond donors (Lipinski definition) is 1. The van der Waals surface area contributed by atoms with E-state index in [0.29, 0.717) is 10.9 Å². The van der Waals surface area contributed by atoms with Gasteiger partial charge < -0.3 is 4.98 Å². The lowest BCUT2D eigenvalue weighted by molar-refractivity contribution is -0.122. The number of hydrogen-bond acceptors (Lipinski definition) is 4. The van der Waals surface area contributed by atoms with Crippen molar-refractivity contribution >= 4 is 17.5 Å². The second-order valence-corrected chi connectivity index (χ2v) is 7.46. The third kappa shape index (κ3) is 1.64. The molecule has 1 heterocycles. The Morgan fingerprint density at radius 1 is 1.37 bits per heavy atom. The number of H-pyrrole nitrogens is 1. The number of ketones is 1. The summed E-state index contributed by atoms with van der Waals surface area (Å²) >= 11 is 1.42. The molecule has 102 valence electrons. The number of Topliss-reactive ketones (excluding diaryl/α,β-unsaturated/α-hetero) is 1. The molecule has 3 atom stereocenters. The molecule has 5 heteroatoms. The van der Waals surface area contributed by atoms with Crippen molar-refractivity contribution < 1.29 is 4.79 Å². The second kappa shape index (κ2) is 3.95. The van der Waals surface area contributed by atoms with Gasteiger partial charge in [-0.25, -0.2) is 4.98 Å². The van der Waals surface area contributed by atoms with Gasteiger partial charge >= 0.3 is 0 Å². The molecule has 0 amide bonds. The first kappa shape index (κ1) is 12.9. The first-order valence-corrected chi connectivity index (χ1v) is 7.50. The minimum atomic E-state index is -0.169. The summed E-state index contributed by atoms with van der Waals surface area (Å²) in [5, 5.41) is 0.460. The molecule has 3 rings (SSSR count). The number of nitrogens with one attached hydrogen (secondary N) is 1. The van der Waals surface area contributed by atoms with E-state index in [-0.39, 0.29) is 27.6 Å². The van der Waals surface area contributed by atoms with Crippen LogP contribution in [-0.4, -0.2) is 21.0 Å². The second-order valence-electron chi connectivity index (χ2n) is 6.37. The van der Waals surface area contributed by atoms with Crippen LogP contribution >= 0.6 is 11.8 Å².